The number of rotatable bonds is 12. The zero-order chi connectivity index (χ0) is 33.5. The molecule has 0 unspecified atom stereocenters. The summed E-state index contributed by atoms with van der Waals surface area (Å²) >= 11 is 6.29. The van der Waals surface area contributed by atoms with Gasteiger partial charge in [0.05, 0.1) is 40.3 Å². The van der Waals surface area contributed by atoms with E-state index < -0.39 is 5.82 Å². The molecule has 46 heavy (non-hydrogen) atoms. The predicted molar refractivity (Wildman–Crippen MR) is 189 cm³/mol. The molecule has 0 aliphatic heterocycles. The van der Waals surface area contributed by atoms with Crippen LogP contribution in [0.5, 0.6) is 5.88 Å². The molecule has 0 amide bonds. The smallest absolute Gasteiger partial charge is 0.213 e. The van der Waals surface area contributed by atoms with E-state index >= 15 is 0 Å². The molecule has 1 saturated carbocycles. The number of pyridine rings is 1. The average molecular weight is 653 g/mol. The molecule has 0 spiro atoms. The summed E-state index contributed by atoms with van der Waals surface area (Å²) in [5.41, 5.74) is 12.3. The molecule has 3 heterocycles. The second-order valence-corrected chi connectivity index (χ2v) is 11.0. The highest BCUT2D eigenvalue weighted by atomic mass is 35.5. The van der Waals surface area contributed by atoms with Crippen molar-refractivity contribution in [1.82, 2.24) is 14.6 Å². The number of fused-ring (bicyclic) bond motifs is 1. The van der Waals surface area contributed by atoms with E-state index in [4.69, 9.17) is 26.8 Å². The highest BCUT2D eigenvalue weighted by Crippen LogP contribution is 2.34. The molecule has 1 aromatic carbocycles. The van der Waals surface area contributed by atoms with Gasteiger partial charge < -0.3 is 20.5 Å². The van der Waals surface area contributed by atoms with E-state index in [2.05, 4.69) is 40.3 Å². The van der Waals surface area contributed by atoms with Gasteiger partial charge in [0.15, 0.2) is 0 Å². The normalized spacial score (nSPS) is 13.4. The minimum atomic E-state index is -0.433. The largest absolute Gasteiger partial charge is 0.475 e. The van der Waals surface area contributed by atoms with Crippen LogP contribution in [0.1, 0.15) is 91.2 Å². The number of hydrogen-bond acceptors (Lipinski definition) is 6. The van der Waals surface area contributed by atoms with E-state index in [1.807, 2.05) is 50.7 Å². The first-order valence-corrected chi connectivity index (χ1v) is 17.1. The summed E-state index contributed by atoms with van der Waals surface area (Å²) < 4.78 is 27.1. The zero-order valence-electron chi connectivity index (χ0n) is 28.2. The average Bonchev–Trinajstić information content (AvgIpc) is 3.53. The van der Waals surface area contributed by atoms with Crippen molar-refractivity contribution in [3.63, 3.8) is 0 Å². The minimum absolute atomic E-state index is 0.207. The Labute approximate surface area is 278 Å². The second kappa shape index (κ2) is 19.1. The molecule has 1 aliphatic carbocycles. The lowest BCUT2D eigenvalue weighted by atomic mass is 9.95. The molecule has 250 valence electrons. The number of anilines is 1. The number of ether oxygens (including phenoxy) is 2. The van der Waals surface area contributed by atoms with Crippen LogP contribution in [0.25, 0.3) is 16.6 Å². The quantitative estimate of drug-likeness (QED) is 0.0899. The molecule has 3 aromatic heterocycles. The SMILES string of the molecule is CC.CC.CCCOCCOc1cc(CC)c(-c2cc3c(NC4CCCCC4)c(C(N)=Nc4cc(F)ccc4Cl)cnn3c2)cn1. The van der Waals surface area contributed by atoms with Crippen molar-refractivity contribution >= 4 is 34.3 Å². The third kappa shape index (κ3) is 9.66. The summed E-state index contributed by atoms with van der Waals surface area (Å²) in [5, 5.41) is 8.74. The monoisotopic (exact) mass is 652 g/mol. The topological polar surface area (TPSA) is 99.1 Å². The fourth-order valence-corrected chi connectivity index (χ4v) is 5.48. The van der Waals surface area contributed by atoms with Gasteiger partial charge in [-0.25, -0.2) is 18.9 Å². The van der Waals surface area contributed by atoms with Crippen LogP contribution >= 0.6 is 11.6 Å². The maximum Gasteiger partial charge on any atom is 0.213 e. The van der Waals surface area contributed by atoms with Gasteiger partial charge in [0, 0.05) is 48.3 Å². The van der Waals surface area contributed by atoms with Crippen LogP contribution in [0.3, 0.4) is 0 Å². The number of aromatic nitrogens is 3. The van der Waals surface area contributed by atoms with Gasteiger partial charge in [-0.3, -0.25) is 0 Å². The lowest BCUT2D eigenvalue weighted by molar-refractivity contribution is 0.0990. The third-order valence-electron chi connectivity index (χ3n) is 7.50. The number of nitrogens with zero attached hydrogens (tertiary/aromatic N) is 4. The molecule has 0 bridgehead atoms. The van der Waals surface area contributed by atoms with Crippen molar-refractivity contribution in [2.75, 3.05) is 25.1 Å². The molecule has 0 radical (unpaired) electrons. The zero-order valence-corrected chi connectivity index (χ0v) is 29.0. The maximum absolute atomic E-state index is 13.9. The highest BCUT2D eigenvalue weighted by Gasteiger charge is 2.21. The van der Waals surface area contributed by atoms with E-state index in [0.29, 0.717) is 35.7 Å². The molecular weight excluding hydrogens is 603 g/mol. The molecule has 0 saturated heterocycles. The van der Waals surface area contributed by atoms with Crippen molar-refractivity contribution in [3.8, 4) is 17.0 Å². The van der Waals surface area contributed by atoms with Gasteiger partial charge >= 0.3 is 0 Å². The molecule has 1 aliphatic rings. The first-order chi connectivity index (χ1) is 22.5. The highest BCUT2D eigenvalue weighted by molar-refractivity contribution is 6.33. The Morgan fingerprint density at radius 2 is 1.80 bits per heavy atom. The van der Waals surface area contributed by atoms with E-state index in [-0.39, 0.29) is 11.5 Å². The Bertz CT molecular complexity index is 1550. The molecule has 4 aromatic rings. The van der Waals surface area contributed by atoms with Gasteiger partial charge in [0.1, 0.15) is 18.3 Å². The van der Waals surface area contributed by atoms with Crippen LogP contribution in [0.2, 0.25) is 5.02 Å². The summed E-state index contributed by atoms with van der Waals surface area (Å²) in [7, 11) is 0. The number of aliphatic imine (C=N–C) groups is 1. The van der Waals surface area contributed by atoms with Crippen LogP contribution in [0.4, 0.5) is 15.8 Å². The van der Waals surface area contributed by atoms with Crippen LogP contribution in [-0.4, -0.2) is 46.3 Å². The Kier molecular flexibility index (Phi) is 15.3. The maximum atomic E-state index is 13.9. The van der Waals surface area contributed by atoms with E-state index in [0.717, 1.165) is 60.2 Å². The van der Waals surface area contributed by atoms with Gasteiger partial charge in [-0.05, 0) is 49.4 Å². The Morgan fingerprint density at radius 3 is 2.52 bits per heavy atom. The number of aryl methyl sites for hydroxylation is 1. The lowest BCUT2D eigenvalue weighted by Gasteiger charge is -2.25. The predicted octanol–water partition coefficient (Wildman–Crippen LogP) is 9.39. The Balaban J connectivity index is 0.00000139. The fraction of sp³-hybridized carbons (Fsp3) is 0.472. The number of nitrogens with two attached hydrogens (primary N) is 1. The van der Waals surface area contributed by atoms with Crippen LogP contribution in [0.15, 0.2) is 53.9 Å². The van der Waals surface area contributed by atoms with Gasteiger partial charge in [0.25, 0.3) is 0 Å². The molecule has 10 heteroatoms. The van der Waals surface area contributed by atoms with Crippen LogP contribution in [-0.2, 0) is 11.2 Å². The van der Waals surface area contributed by atoms with Crippen LogP contribution in [0, 0.1) is 5.82 Å². The first kappa shape index (κ1) is 36.8. The first-order valence-electron chi connectivity index (χ1n) is 16.7. The van der Waals surface area contributed by atoms with Gasteiger partial charge in [-0.1, -0.05) is 72.4 Å². The molecule has 5 rings (SSSR count). The summed E-state index contributed by atoms with van der Waals surface area (Å²) in [6.07, 6.45) is 13.1. The molecule has 8 nitrogen and oxygen atoms in total. The van der Waals surface area contributed by atoms with Crippen molar-refractivity contribution < 1.29 is 13.9 Å². The number of nitrogens with one attached hydrogen (secondary N) is 1. The van der Waals surface area contributed by atoms with Crippen molar-refractivity contribution in [1.29, 1.82) is 0 Å². The fourth-order valence-electron chi connectivity index (χ4n) is 5.32. The van der Waals surface area contributed by atoms with Crippen molar-refractivity contribution in [3.05, 3.63) is 70.9 Å². The van der Waals surface area contributed by atoms with E-state index in [9.17, 15) is 4.39 Å². The van der Waals surface area contributed by atoms with Gasteiger partial charge in [-0.2, -0.15) is 5.10 Å². The number of amidine groups is 1. The summed E-state index contributed by atoms with van der Waals surface area (Å²) in [6, 6.07) is 8.43. The molecular formula is C36H50ClFN6O2. The summed E-state index contributed by atoms with van der Waals surface area (Å²) in [4.78, 5) is 9.06. The van der Waals surface area contributed by atoms with E-state index in [1.54, 1.807) is 6.20 Å². The molecule has 3 N–H and O–H groups in total. The van der Waals surface area contributed by atoms with Crippen LogP contribution < -0.4 is 15.8 Å². The van der Waals surface area contributed by atoms with E-state index in [1.165, 1.54) is 37.5 Å². The van der Waals surface area contributed by atoms with Gasteiger partial charge in [0.2, 0.25) is 5.88 Å². The summed E-state index contributed by atoms with van der Waals surface area (Å²) in [6.45, 7) is 13.9. The number of benzene rings is 1. The number of halogens is 2. The lowest BCUT2D eigenvalue weighted by Crippen LogP contribution is -2.25. The summed E-state index contributed by atoms with van der Waals surface area (Å²) in [5.74, 6) is 0.358. The second-order valence-electron chi connectivity index (χ2n) is 10.6. The third-order valence-corrected chi connectivity index (χ3v) is 7.82. The minimum Gasteiger partial charge on any atom is -0.475 e. The Morgan fingerprint density at radius 1 is 1.04 bits per heavy atom. The van der Waals surface area contributed by atoms with Gasteiger partial charge in [-0.15, -0.1) is 0 Å². The molecule has 1 fully saturated rings. The number of hydrogen-bond donors (Lipinski definition) is 2. The van der Waals surface area contributed by atoms with Crippen molar-refractivity contribution in [2.24, 2.45) is 10.7 Å². The molecule has 0 atom stereocenters. The van der Waals surface area contributed by atoms with Crippen molar-refractivity contribution in [2.45, 2.75) is 92.5 Å². The Hall–Kier alpha value is -3.69. The standard InChI is InChI=1S/C32H38ClFN6O2.2C2H6/c1-3-12-41-13-14-42-30-16-21(4-2)25(18-36-30)22-15-29-31(38-24-8-6-5-7-9-24)26(19-37-40(29)20-22)32(35)39-28-17-23(34)10-11-27(28)33;2*1-2/h10-11,15-20,24,38H,3-9,12-14H2,1-2H3,(H2,35,39);2*1-2H3.